The van der Waals surface area contributed by atoms with Crippen LogP contribution in [0, 0.1) is 5.92 Å². The van der Waals surface area contributed by atoms with Crippen molar-refractivity contribution in [2.24, 2.45) is 5.92 Å². The topological polar surface area (TPSA) is 41.6 Å². The van der Waals surface area contributed by atoms with Gasteiger partial charge in [-0.25, -0.2) is 0 Å². The lowest BCUT2D eigenvalue weighted by Gasteiger charge is -2.33. The number of nitrogens with zero attached hydrogens (tertiary/aromatic N) is 1. The first kappa shape index (κ1) is 16.1. The van der Waals surface area contributed by atoms with Gasteiger partial charge in [0, 0.05) is 37.0 Å². The number of carbonyl (C=O) groups is 1. The fraction of sp³-hybridized carbons (Fsp3) is 0.526. The molecule has 0 saturated carbocycles. The molecule has 1 atom stereocenters. The van der Waals surface area contributed by atoms with Crippen LogP contribution in [-0.4, -0.2) is 49.7 Å². The summed E-state index contributed by atoms with van der Waals surface area (Å²) in [5.74, 6) is 0.786. The Balaban J connectivity index is 1.29. The molecule has 1 amide bonds. The first-order chi connectivity index (χ1) is 11.8. The van der Waals surface area contributed by atoms with Crippen LogP contribution in [0.15, 0.2) is 30.3 Å². The number of hydrogen-bond acceptors (Lipinski definition) is 4. The number of nitrogens with one attached hydrogen (secondary N) is 1. The number of piperidine rings is 1. The Hall–Kier alpha value is -1.43. The highest BCUT2D eigenvalue weighted by Crippen LogP contribution is 2.25. The highest BCUT2D eigenvalue weighted by molar-refractivity contribution is 7.20. The molecule has 1 aromatic heterocycles. The summed E-state index contributed by atoms with van der Waals surface area (Å²) in [6.45, 7) is 5.15. The van der Waals surface area contributed by atoms with Crippen molar-refractivity contribution in [3.63, 3.8) is 0 Å². The van der Waals surface area contributed by atoms with E-state index in [0.717, 1.165) is 56.0 Å². The van der Waals surface area contributed by atoms with Crippen molar-refractivity contribution in [1.82, 2.24) is 10.2 Å². The van der Waals surface area contributed by atoms with Crippen LogP contribution in [-0.2, 0) is 4.74 Å². The van der Waals surface area contributed by atoms with Gasteiger partial charge in [-0.2, -0.15) is 0 Å². The van der Waals surface area contributed by atoms with Gasteiger partial charge in [0.15, 0.2) is 0 Å². The van der Waals surface area contributed by atoms with Crippen LogP contribution < -0.4 is 5.32 Å². The molecule has 5 heteroatoms. The summed E-state index contributed by atoms with van der Waals surface area (Å²) >= 11 is 1.58. The Bertz CT molecular complexity index is 667. The number of fused-ring (bicyclic) bond motifs is 1. The van der Waals surface area contributed by atoms with Crippen LogP contribution in [0.1, 0.15) is 28.9 Å². The second kappa shape index (κ2) is 7.21. The predicted molar refractivity (Wildman–Crippen MR) is 97.7 cm³/mol. The van der Waals surface area contributed by atoms with Crippen molar-refractivity contribution < 1.29 is 9.53 Å². The molecule has 2 aliphatic heterocycles. The Morgan fingerprint density at radius 1 is 1.25 bits per heavy atom. The Labute approximate surface area is 146 Å². The molecule has 2 saturated heterocycles. The summed E-state index contributed by atoms with van der Waals surface area (Å²) < 4.78 is 6.64. The van der Waals surface area contributed by atoms with Gasteiger partial charge in [0.05, 0.1) is 11.5 Å². The van der Waals surface area contributed by atoms with Crippen molar-refractivity contribution in [2.75, 3.05) is 32.8 Å². The third kappa shape index (κ3) is 3.63. The minimum Gasteiger partial charge on any atom is -0.381 e. The SMILES string of the molecule is O=C(NC1CCN(C[C@@H]2CCOC2)CC1)c1cc2ccccc2s1. The number of amides is 1. The van der Waals surface area contributed by atoms with Crippen LogP contribution in [0.3, 0.4) is 0 Å². The minimum absolute atomic E-state index is 0.0823. The van der Waals surface area contributed by atoms with Gasteiger partial charge in [0.2, 0.25) is 0 Å². The number of benzene rings is 1. The Kier molecular flexibility index (Phi) is 4.83. The van der Waals surface area contributed by atoms with Crippen molar-refractivity contribution in [3.8, 4) is 0 Å². The molecule has 128 valence electrons. The van der Waals surface area contributed by atoms with Gasteiger partial charge >= 0.3 is 0 Å². The molecule has 2 aliphatic rings. The van der Waals surface area contributed by atoms with E-state index in [1.165, 1.54) is 11.1 Å². The zero-order valence-corrected chi connectivity index (χ0v) is 14.7. The second-order valence-corrected chi connectivity index (χ2v) is 8.01. The average molecular weight is 344 g/mol. The van der Waals surface area contributed by atoms with Gasteiger partial charge in [0.1, 0.15) is 0 Å². The molecule has 4 rings (SSSR count). The zero-order chi connectivity index (χ0) is 16.4. The second-order valence-electron chi connectivity index (χ2n) is 6.93. The van der Waals surface area contributed by atoms with E-state index in [0.29, 0.717) is 12.0 Å². The molecule has 0 bridgehead atoms. The maximum atomic E-state index is 12.5. The lowest BCUT2D eigenvalue weighted by atomic mass is 10.0. The quantitative estimate of drug-likeness (QED) is 0.926. The maximum absolute atomic E-state index is 12.5. The molecule has 1 aromatic carbocycles. The van der Waals surface area contributed by atoms with Crippen molar-refractivity contribution in [1.29, 1.82) is 0 Å². The summed E-state index contributed by atoms with van der Waals surface area (Å²) in [6, 6.07) is 10.5. The van der Waals surface area contributed by atoms with Crippen LogP contribution >= 0.6 is 11.3 Å². The van der Waals surface area contributed by atoms with Crippen molar-refractivity contribution in [2.45, 2.75) is 25.3 Å². The predicted octanol–water partition coefficient (Wildman–Crippen LogP) is 3.13. The first-order valence-corrected chi connectivity index (χ1v) is 9.69. The molecule has 3 heterocycles. The van der Waals surface area contributed by atoms with E-state index in [2.05, 4.69) is 22.3 Å². The standard InChI is InChI=1S/C19H24N2O2S/c22-19(18-11-15-3-1-2-4-17(15)24-18)20-16-5-8-21(9-6-16)12-14-7-10-23-13-14/h1-4,11,14,16H,5-10,12-13H2,(H,20,22)/t14-/m0/s1. The third-order valence-corrected chi connectivity index (χ3v) is 6.23. The summed E-state index contributed by atoms with van der Waals surface area (Å²) in [5, 5.41) is 4.38. The van der Waals surface area contributed by atoms with Gasteiger partial charge < -0.3 is 15.0 Å². The summed E-state index contributed by atoms with van der Waals surface area (Å²) in [5.41, 5.74) is 0. The summed E-state index contributed by atoms with van der Waals surface area (Å²) in [4.78, 5) is 15.9. The van der Waals surface area contributed by atoms with E-state index in [1.54, 1.807) is 11.3 Å². The lowest BCUT2D eigenvalue weighted by molar-refractivity contribution is 0.0907. The van der Waals surface area contributed by atoms with E-state index >= 15 is 0 Å². The number of hydrogen-bond donors (Lipinski definition) is 1. The van der Waals surface area contributed by atoms with E-state index in [-0.39, 0.29) is 5.91 Å². The van der Waals surface area contributed by atoms with Crippen LogP contribution in [0.25, 0.3) is 10.1 Å². The fourth-order valence-electron chi connectivity index (χ4n) is 3.70. The van der Waals surface area contributed by atoms with E-state index in [9.17, 15) is 4.79 Å². The van der Waals surface area contributed by atoms with Crippen LogP contribution in [0.5, 0.6) is 0 Å². The van der Waals surface area contributed by atoms with Gasteiger partial charge in [-0.1, -0.05) is 18.2 Å². The Morgan fingerprint density at radius 3 is 2.83 bits per heavy atom. The highest BCUT2D eigenvalue weighted by Gasteiger charge is 2.25. The van der Waals surface area contributed by atoms with Gasteiger partial charge in [-0.15, -0.1) is 11.3 Å². The largest absolute Gasteiger partial charge is 0.381 e. The van der Waals surface area contributed by atoms with Gasteiger partial charge in [0.25, 0.3) is 5.91 Å². The minimum atomic E-state index is 0.0823. The molecule has 0 radical (unpaired) electrons. The van der Waals surface area contributed by atoms with Gasteiger partial charge in [-0.3, -0.25) is 4.79 Å². The van der Waals surface area contributed by atoms with Crippen LogP contribution in [0.4, 0.5) is 0 Å². The monoisotopic (exact) mass is 344 g/mol. The average Bonchev–Trinajstić information content (AvgIpc) is 3.25. The fourth-order valence-corrected chi connectivity index (χ4v) is 4.67. The molecule has 2 fully saturated rings. The molecule has 0 aliphatic carbocycles. The van der Waals surface area contributed by atoms with Gasteiger partial charge in [-0.05, 0) is 42.7 Å². The molecule has 0 spiro atoms. The zero-order valence-electron chi connectivity index (χ0n) is 13.9. The third-order valence-electron chi connectivity index (χ3n) is 5.11. The smallest absolute Gasteiger partial charge is 0.261 e. The number of rotatable bonds is 4. The molecular formula is C19H24N2O2S. The molecule has 0 unspecified atom stereocenters. The van der Waals surface area contributed by atoms with Crippen molar-refractivity contribution in [3.05, 3.63) is 35.2 Å². The maximum Gasteiger partial charge on any atom is 0.261 e. The molecule has 2 aromatic rings. The normalized spacial score (nSPS) is 22.9. The van der Waals surface area contributed by atoms with Crippen molar-refractivity contribution >= 4 is 27.3 Å². The molecular weight excluding hydrogens is 320 g/mol. The van der Waals surface area contributed by atoms with E-state index in [4.69, 9.17) is 4.74 Å². The number of carbonyl (C=O) groups excluding carboxylic acids is 1. The van der Waals surface area contributed by atoms with E-state index < -0.39 is 0 Å². The number of likely N-dealkylation sites (tertiary alicyclic amines) is 1. The first-order valence-electron chi connectivity index (χ1n) is 8.87. The molecule has 4 nitrogen and oxygen atoms in total. The van der Waals surface area contributed by atoms with E-state index in [1.807, 2.05) is 18.2 Å². The lowest BCUT2D eigenvalue weighted by Crippen LogP contribution is -2.45. The Morgan fingerprint density at radius 2 is 2.08 bits per heavy atom. The number of ether oxygens (including phenoxy) is 1. The highest BCUT2D eigenvalue weighted by atomic mass is 32.1. The molecule has 24 heavy (non-hydrogen) atoms. The van der Waals surface area contributed by atoms with Crippen LogP contribution in [0.2, 0.25) is 0 Å². The number of thiophene rings is 1. The molecule has 1 N–H and O–H groups in total. The summed E-state index contributed by atoms with van der Waals surface area (Å²) in [6.07, 6.45) is 3.29. The summed E-state index contributed by atoms with van der Waals surface area (Å²) in [7, 11) is 0.